The highest BCUT2D eigenvalue weighted by atomic mass is 79.9. The highest BCUT2D eigenvalue weighted by Gasteiger charge is 2.61. The highest BCUT2D eigenvalue weighted by molar-refractivity contribution is 9.10. The van der Waals surface area contributed by atoms with Crippen LogP contribution in [0.5, 0.6) is 0 Å². The number of carbonyl (C=O) groups excluding carboxylic acids is 4. The van der Waals surface area contributed by atoms with Crippen molar-refractivity contribution in [2.24, 2.45) is 23.7 Å². The fraction of sp³-hybridized carbons (Fsp3) is 0.308. The molecule has 3 aliphatic rings. The first-order chi connectivity index (χ1) is 16.8. The minimum Gasteiger partial charge on any atom is -0.454 e. The Morgan fingerprint density at radius 1 is 1.06 bits per heavy atom. The first kappa shape index (κ1) is 23.8. The smallest absolute Gasteiger partial charge is 0.330 e. The molecular weight excluding hydrogens is 536 g/mol. The van der Waals surface area contributed by atoms with Gasteiger partial charge in [0.25, 0.3) is 5.91 Å². The maximum atomic E-state index is 13.3. The topological polar surface area (TPSA) is 92.8 Å². The molecule has 0 unspecified atom stereocenters. The van der Waals surface area contributed by atoms with Gasteiger partial charge in [0.05, 0.1) is 16.9 Å². The highest BCUT2D eigenvalue weighted by Crippen LogP contribution is 2.53. The Labute approximate surface area is 215 Å². The summed E-state index contributed by atoms with van der Waals surface area (Å²) in [5.41, 5.74) is 1.22. The number of hydrogen-bond donors (Lipinski definition) is 1. The van der Waals surface area contributed by atoms with Gasteiger partial charge in [-0.2, -0.15) is 0 Å². The van der Waals surface area contributed by atoms with Crippen LogP contribution in [-0.4, -0.2) is 41.2 Å². The minimum absolute atomic E-state index is 0.0309. The van der Waals surface area contributed by atoms with E-state index in [4.69, 9.17) is 16.3 Å². The third kappa shape index (κ3) is 4.52. The molecule has 2 aromatic rings. The third-order valence-electron chi connectivity index (χ3n) is 6.91. The van der Waals surface area contributed by atoms with Gasteiger partial charge in [-0.3, -0.25) is 19.3 Å². The van der Waals surface area contributed by atoms with Crippen molar-refractivity contribution >= 4 is 56.9 Å². The summed E-state index contributed by atoms with van der Waals surface area (Å²) in [7, 11) is 0. The summed E-state index contributed by atoms with van der Waals surface area (Å²) in [5, 5.41) is 3.04. The number of carbonyl (C=O) groups is 4. The summed E-state index contributed by atoms with van der Waals surface area (Å²) in [4.78, 5) is 53.3. The number of ether oxygens (including phenoxy) is 1. The van der Waals surface area contributed by atoms with Gasteiger partial charge in [0.1, 0.15) is 6.04 Å². The van der Waals surface area contributed by atoms with Crippen LogP contribution in [0, 0.1) is 23.7 Å². The van der Waals surface area contributed by atoms with Crippen molar-refractivity contribution in [3.05, 3.63) is 75.7 Å². The largest absolute Gasteiger partial charge is 0.454 e. The maximum absolute atomic E-state index is 13.3. The number of nitrogens with zero attached hydrogens (tertiary/aromatic N) is 1. The number of hydrogen-bond acceptors (Lipinski definition) is 5. The number of halogens is 2. The molecule has 2 aromatic carbocycles. The van der Waals surface area contributed by atoms with Crippen LogP contribution in [0.1, 0.15) is 12.0 Å². The molecule has 5 atom stereocenters. The van der Waals surface area contributed by atoms with Gasteiger partial charge < -0.3 is 10.1 Å². The van der Waals surface area contributed by atoms with Crippen molar-refractivity contribution in [3.8, 4) is 0 Å². The Bertz CT molecular complexity index is 1200. The van der Waals surface area contributed by atoms with Gasteiger partial charge >= 0.3 is 5.97 Å². The van der Waals surface area contributed by atoms with Crippen molar-refractivity contribution in [2.75, 3.05) is 11.9 Å². The molecule has 0 spiro atoms. The number of allylic oxidation sites excluding steroid dienone is 2. The van der Waals surface area contributed by atoms with Gasteiger partial charge in [-0.25, -0.2) is 4.79 Å². The summed E-state index contributed by atoms with van der Waals surface area (Å²) in [5.74, 6) is -2.80. The number of esters is 1. The molecule has 2 bridgehead atoms. The Kier molecular flexibility index (Phi) is 6.51. The molecule has 7 nitrogen and oxygen atoms in total. The molecule has 1 saturated carbocycles. The van der Waals surface area contributed by atoms with E-state index in [2.05, 4.69) is 21.2 Å². The standard InChI is InChI=1S/C26H22BrClN2O5/c27-18-9-8-17(12-19(18)28)29-21(31)13-35-26(34)20(10-14-4-2-1-3-5-14)30-24(32)22-15-6-7-16(11-15)23(22)25(30)33/h1-9,12,15-16,20,22-23H,10-11,13H2,(H,29,31)/t15-,16-,20-,22-,23-/m0/s1. The summed E-state index contributed by atoms with van der Waals surface area (Å²) >= 11 is 9.33. The predicted octanol–water partition coefficient (Wildman–Crippen LogP) is 4.00. The lowest BCUT2D eigenvalue weighted by molar-refractivity contribution is -0.160. The molecule has 180 valence electrons. The molecule has 0 aromatic heterocycles. The molecule has 3 amide bonds. The fourth-order valence-corrected chi connectivity index (χ4v) is 5.78. The second kappa shape index (κ2) is 9.59. The normalized spacial score (nSPS) is 25.0. The van der Waals surface area contributed by atoms with E-state index in [1.54, 1.807) is 18.2 Å². The Morgan fingerprint density at radius 2 is 1.71 bits per heavy atom. The Hall–Kier alpha value is -2.97. The SMILES string of the molecule is O=C(COC(=O)[C@H](Cc1ccccc1)N1C(=O)[C@@H]2[C@@H](C1=O)[C@H]1C=C[C@H]2C1)Nc1ccc(Br)c(Cl)c1. The van der Waals surface area contributed by atoms with Gasteiger partial charge in [-0.1, -0.05) is 54.1 Å². The summed E-state index contributed by atoms with van der Waals surface area (Å²) < 4.78 is 5.99. The van der Waals surface area contributed by atoms with E-state index in [9.17, 15) is 19.2 Å². The number of rotatable bonds is 7. The number of amides is 3. The van der Waals surface area contributed by atoms with Crippen LogP contribution in [0.25, 0.3) is 0 Å². The summed E-state index contributed by atoms with van der Waals surface area (Å²) in [6, 6.07) is 12.9. The average molecular weight is 558 g/mol. The van der Waals surface area contributed by atoms with Crippen LogP contribution in [0.2, 0.25) is 5.02 Å². The van der Waals surface area contributed by atoms with E-state index in [0.717, 1.165) is 16.9 Å². The zero-order valence-corrected chi connectivity index (χ0v) is 20.9. The molecule has 9 heteroatoms. The van der Waals surface area contributed by atoms with Gasteiger partial charge in [0.2, 0.25) is 11.8 Å². The first-order valence-electron chi connectivity index (χ1n) is 11.3. The van der Waals surface area contributed by atoms with Crippen LogP contribution in [0.3, 0.4) is 0 Å². The van der Waals surface area contributed by atoms with Crippen LogP contribution >= 0.6 is 27.5 Å². The summed E-state index contributed by atoms with van der Waals surface area (Å²) in [6.07, 6.45) is 4.92. The van der Waals surface area contributed by atoms with E-state index in [1.165, 1.54) is 0 Å². The molecule has 1 N–H and O–H groups in total. The molecule has 2 aliphatic carbocycles. The summed E-state index contributed by atoms with van der Waals surface area (Å²) in [6.45, 7) is -0.562. The molecule has 1 saturated heterocycles. The van der Waals surface area contributed by atoms with Gasteiger partial charge in [0, 0.05) is 16.6 Å². The number of benzene rings is 2. The quantitative estimate of drug-likeness (QED) is 0.316. The second-order valence-corrected chi connectivity index (χ2v) is 10.3. The van der Waals surface area contributed by atoms with Crippen LogP contribution in [0.4, 0.5) is 5.69 Å². The van der Waals surface area contributed by atoms with Crippen molar-refractivity contribution < 1.29 is 23.9 Å². The zero-order valence-electron chi connectivity index (χ0n) is 18.5. The van der Waals surface area contributed by atoms with Crippen molar-refractivity contribution in [2.45, 2.75) is 18.9 Å². The number of fused-ring (bicyclic) bond motifs is 5. The third-order valence-corrected chi connectivity index (χ3v) is 8.14. The lowest BCUT2D eigenvalue weighted by Crippen LogP contribution is -2.48. The number of imide groups is 1. The first-order valence-corrected chi connectivity index (χ1v) is 12.5. The van der Waals surface area contributed by atoms with E-state index >= 15 is 0 Å². The lowest BCUT2D eigenvalue weighted by Gasteiger charge is -2.26. The minimum atomic E-state index is -1.14. The van der Waals surface area contributed by atoms with Gasteiger partial charge in [0.15, 0.2) is 6.61 Å². The fourth-order valence-electron chi connectivity index (χ4n) is 5.35. The molecule has 5 rings (SSSR count). The molecule has 1 aliphatic heterocycles. The van der Waals surface area contributed by atoms with Crippen molar-refractivity contribution in [1.29, 1.82) is 0 Å². The van der Waals surface area contributed by atoms with Crippen LogP contribution in [-0.2, 0) is 30.3 Å². The lowest BCUT2D eigenvalue weighted by atomic mass is 9.85. The van der Waals surface area contributed by atoms with Crippen molar-refractivity contribution in [1.82, 2.24) is 4.90 Å². The van der Waals surface area contributed by atoms with Gasteiger partial charge in [-0.15, -0.1) is 0 Å². The molecule has 2 fully saturated rings. The molecular formula is C26H22BrClN2O5. The number of nitrogens with one attached hydrogen (secondary N) is 1. The monoisotopic (exact) mass is 556 g/mol. The predicted molar refractivity (Wildman–Crippen MR) is 132 cm³/mol. The number of anilines is 1. The molecule has 35 heavy (non-hydrogen) atoms. The maximum Gasteiger partial charge on any atom is 0.330 e. The molecule has 0 radical (unpaired) electrons. The van der Waals surface area contributed by atoms with Crippen molar-refractivity contribution in [3.63, 3.8) is 0 Å². The zero-order chi connectivity index (χ0) is 24.7. The van der Waals surface area contributed by atoms with Crippen LogP contribution in [0.15, 0.2) is 65.2 Å². The van der Waals surface area contributed by atoms with Crippen LogP contribution < -0.4 is 5.32 Å². The Morgan fingerprint density at radius 3 is 2.34 bits per heavy atom. The Balaban J connectivity index is 1.31. The van der Waals surface area contributed by atoms with Gasteiger partial charge in [-0.05, 0) is 57.9 Å². The second-order valence-electron chi connectivity index (χ2n) is 9.04. The molecule has 1 heterocycles. The van der Waals surface area contributed by atoms with E-state index in [0.29, 0.717) is 15.2 Å². The van der Waals surface area contributed by atoms with E-state index in [-0.39, 0.29) is 30.1 Å². The van der Waals surface area contributed by atoms with E-state index < -0.39 is 36.4 Å². The average Bonchev–Trinajstić information content (AvgIpc) is 3.53. The number of likely N-dealkylation sites (tertiary alicyclic amines) is 1. The van der Waals surface area contributed by atoms with E-state index in [1.807, 2.05) is 42.5 Å².